The lowest BCUT2D eigenvalue weighted by atomic mass is 9.91. The summed E-state index contributed by atoms with van der Waals surface area (Å²) in [4.78, 5) is 18.3. The first-order valence-corrected chi connectivity index (χ1v) is 10.5. The van der Waals surface area contributed by atoms with Crippen LogP contribution in [-0.2, 0) is 6.42 Å². The molecule has 28 heavy (non-hydrogen) atoms. The van der Waals surface area contributed by atoms with Crippen molar-refractivity contribution in [1.82, 2.24) is 25.3 Å². The molecule has 0 aliphatic heterocycles. The van der Waals surface area contributed by atoms with Crippen LogP contribution in [0.3, 0.4) is 0 Å². The highest BCUT2D eigenvalue weighted by atomic mass is 32.1. The summed E-state index contributed by atoms with van der Waals surface area (Å²) < 4.78 is 0. The standard InChI is InChI=1S/C21H27N5OS/c1-4-17-18(28-21(26-17)19-23-9-6-10-24-19)20(27)25-13-16(11-14(2)3)15-7-5-8-22-12-15/h5-10,12,14,16,20,25,27H,4,11,13H2,1-3H3. The molecular weight excluding hydrogens is 370 g/mol. The zero-order valence-corrected chi connectivity index (χ0v) is 17.4. The van der Waals surface area contributed by atoms with Gasteiger partial charge in [-0.15, -0.1) is 11.3 Å². The quantitative estimate of drug-likeness (QED) is 0.532. The fourth-order valence-corrected chi connectivity index (χ4v) is 4.27. The van der Waals surface area contributed by atoms with Crippen LogP contribution in [0.5, 0.6) is 0 Å². The zero-order chi connectivity index (χ0) is 19.9. The fraction of sp³-hybridized carbons (Fsp3) is 0.429. The third-order valence-electron chi connectivity index (χ3n) is 4.54. The molecule has 7 heteroatoms. The van der Waals surface area contributed by atoms with Crippen LogP contribution in [-0.4, -0.2) is 31.6 Å². The Morgan fingerprint density at radius 2 is 1.93 bits per heavy atom. The van der Waals surface area contributed by atoms with Crippen LogP contribution in [0.25, 0.3) is 10.8 Å². The van der Waals surface area contributed by atoms with Gasteiger partial charge in [-0.05, 0) is 42.4 Å². The highest BCUT2D eigenvalue weighted by Gasteiger charge is 2.21. The summed E-state index contributed by atoms with van der Waals surface area (Å²) in [6, 6.07) is 5.84. The highest BCUT2D eigenvalue weighted by Crippen LogP contribution is 2.30. The summed E-state index contributed by atoms with van der Waals surface area (Å²) in [5.74, 6) is 1.44. The molecular formula is C21H27N5OS. The molecule has 3 aromatic heterocycles. The fourth-order valence-electron chi connectivity index (χ4n) is 3.21. The molecule has 148 valence electrons. The molecule has 6 nitrogen and oxygen atoms in total. The van der Waals surface area contributed by atoms with Gasteiger partial charge in [-0.1, -0.05) is 26.8 Å². The smallest absolute Gasteiger partial charge is 0.188 e. The van der Waals surface area contributed by atoms with Crippen LogP contribution in [0, 0.1) is 5.92 Å². The molecule has 3 heterocycles. The molecule has 0 bridgehead atoms. The van der Waals surface area contributed by atoms with Gasteiger partial charge in [-0.3, -0.25) is 10.3 Å². The molecule has 0 spiro atoms. The van der Waals surface area contributed by atoms with Crippen molar-refractivity contribution in [2.24, 2.45) is 5.92 Å². The Kier molecular flexibility index (Phi) is 7.19. The number of aliphatic hydroxyl groups excluding tert-OH is 1. The SMILES string of the molecule is CCc1nc(-c2ncccn2)sc1C(O)NCC(CC(C)C)c1cccnc1. The Balaban J connectivity index is 1.74. The highest BCUT2D eigenvalue weighted by molar-refractivity contribution is 7.15. The van der Waals surface area contributed by atoms with E-state index in [9.17, 15) is 5.11 Å². The number of thiazole rings is 1. The van der Waals surface area contributed by atoms with Gasteiger partial charge in [0.05, 0.1) is 10.6 Å². The Morgan fingerprint density at radius 1 is 1.14 bits per heavy atom. The molecule has 0 fully saturated rings. The first-order valence-electron chi connectivity index (χ1n) is 9.66. The van der Waals surface area contributed by atoms with Gasteiger partial charge in [0.1, 0.15) is 6.23 Å². The second-order valence-electron chi connectivity index (χ2n) is 7.18. The minimum Gasteiger partial charge on any atom is -0.373 e. The van der Waals surface area contributed by atoms with Crippen LogP contribution in [0.1, 0.15) is 55.5 Å². The zero-order valence-electron chi connectivity index (χ0n) is 16.5. The topological polar surface area (TPSA) is 83.8 Å². The Bertz CT molecular complexity index is 854. The number of pyridine rings is 1. The normalized spacial score (nSPS) is 13.6. The van der Waals surface area contributed by atoms with Gasteiger partial charge in [0.25, 0.3) is 0 Å². The molecule has 2 atom stereocenters. The van der Waals surface area contributed by atoms with E-state index >= 15 is 0 Å². The van der Waals surface area contributed by atoms with E-state index in [0.29, 0.717) is 24.2 Å². The molecule has 3 rings (SSSR count). The van der Waals surface area contributed by atoms with E-state index in [-0.39, 0.29) is 0 Å². The van der Waals surface area contributed by atoms with Crippen molar-refractivity contribution in [2.45, 2.75) is 45.8 Å². The van der Waals surface area contributed by atoms with Crippen molar-refractivity contribution in [2.75, 3.05) is 6.54 Å². The van der Waals surface area contributed by atoms with E-state index in [1.165, 1.54) is 16.9 Å². The Hall–Kier alpha value is -2.22. The third-order valence-corrected chi connectivity index (χ3v) is 5.68. The molecule has 2 unspecified atom stereocenters. The van der Waals surface area contributed by atoms with Gasteiger partial charge >= 0.3 is 0 Å². The third kappa shape index (κ3) is 5.19. The average Bonchev–Trinajstić information content (AvgIpc) is 3.16. The van der Waals surface area contributed by atoms with Gasteiger partial charge in [0, 0.05) is 31.3 Å². The van der Waals surface area contributed by atoms with E-state index < -0.39 is 6.23 Å². The number of aliphatic hydroxyl groups is 1. The van der Waals surface area contributed by atoms with Crippen LogP contribution in [0.15, 0.2) is 43.0 Å². The van der Waals surface area contributed by atoms with Crippen molar-refractivity contribution >= 4 is 11.3 Å². The molecule has 0 amide bonds. The summed E-state index contributed by atoms with van der Waals surface area (Å²) in [7, 11) is 0. The predicted molar refractivity (Wildman–Crippen MR) is 112 cm³/mol. The number of aryl methyl sites for hydroxylation is 1. The number of nitrogens with zero attached hydrogens (tertiary/aromatic N) is 4. The lowest BCUT2D eigenvalue weighted by Gasteiger charge is -2.22. The number of aromatic nitrogens is 4. The van der Waals surface area contributed by atoms with E-state index in [0.717, 1.165) is 28.4 Å². The van der Waals surface area contributed by atoms with Crippen molar-refractivity contribution in [3.8, 4) is 10.8 Å². The summed E-state index contributed by atoms with van der Waals surface area (Å²) in [6.07, 6.45) is 8.11. The number of hydrogen-bond donors (Lipinski definition) is 2. The van der Waals surface area contributed by atoms with E-state index in [4.69, 9.17) is 0 Å². The minimum atomic E-state index is -0.767. The van der Waals surface area contributed by atoms with Gasteiger partial charge in [0.2, 0.25) is 0 Å². The minimum absolute atomic E-state index is 0.290. The predicted octanol–water partition coefficient (Wildman–Crippen LogP) is 3.97. The summed E-state index contributed by atoms with van der Waals surface area (Å²) in [5.41, 5.74) is 2.07. The molecule has 3 aromatic rings. The molecule has 0 aliphatic rings. The lowest BCUT2D eigenvalue weighted by Crippen LogP contribution is -2.27. The van der Waals surface area contributed by atoms with Gasteiger partial charge < -0.3 is 5.11 Å². The first kappa shape index (κ1) is 20.5. The number of rotatable bonds is 9. The van der Waals surface area contributed by atoms with Crippen molar-refractivity contribution < 1.29 is 5.11 Å². The first-order chi connectivity index (χ1) is 13.6. The van der Waals surface area contributed by atoms with Crippen LogP contribution in [0.2, 0.25) is 0 Å². The second kappa shape index (κ2) is 9.82. The summed E-state index contributed by atoms with van der Waals surface area (Å²) in [5, 5.41) is 14.9. The van der Waals surface area contributed by atoms with Gasteiger partial charge in [-0.2, -0.15) is 0 Å². The van der Waals surface area contributed by atoms with Crippen LogP contribution >= 0.6 is 11.3 Å². The molecule has 0 saturated heterocycles. The Morgan fingerprint density at radius 3 is 2.57 bits per heavy atom. The lowest BCUT2D eigenvalue weighted by molar-refractivity contribution is 0.138. The monoisotopic (exact) mass is 397 g/mol. The molecule has 0 radical (unpaired) electrons. The van der Waals surface area contributed by atoms with E-state index in [1.54, 1.807) is 24.7 Å². The van der Waals surface area contributed by atoms with Gasteiger partial charge in [-0.25, -0.2) is 15.0 Å². The van der Waals surface area contributed by atoms with Crippen molar-refractivity contribution in [1.29, 1.82) is 0 Å². The van der Waals surface area contributed by atoms with Gasteiger partial charge in [0.15, 0.2) is 10.8 Å². The maximum Gasteiger partial charge on any atom is 0.188 e. The summed E-state index contributed by atoms with van der Waals surface area (Å²) >= 11 is 1.45. The van der Waals surface area contributed by atoms with Crippen molar-refractivity contribution in [3.63, 3.8) is 0 Å². The number of nitrogens with one attached hydrogen (secondary N) is 1. The van der Waals surface area contributed by atoms with E-state index in [2.05, 4.69) is 45.2 Å². The maximum absolute atomic E-state index is 10.8. The maximum atomic E-state index is 10.8. The van der Waals surface area contributed by atoms with Crippen LogP contribution < -0.4 is 5.32 Å². The van der Waals surface area contributed by atoms with Crippen molar-refractivity contribution in [3.05, 3.63) is 59.1 Å². The molecule has 0 aliphatic carbocycles. The van der Waals surface area contributed by atoms with E-state index in [1.807, 2.05) is 19.2 Å². The largest absolute Gasteiger partial charge is 0.373 e. The molecule has 0 saturated carbocycles. The Labute approximate surface area is 170 Å². The molecule has 2 N–H and O–H groups in total. The second-order valence-corrected chi connectivity index (χ2v) is 8.21. The van der Waals surface area contributed by atoms with Crippen LogP contribution in [0.4, 0.5) is 0 Å². The molecule has 0 aromatic carbocycles. The summed E-state index contributed by atoms with van der Waals surface area (Å²) in [6.45, 7) is 7.13. The number of hydrogen-bond acceptors (Lipinski definition) is 7. The average molecular weight is 398 g/mol.